The summed E-state index contributed by atoms with van der Waals surface area (Å²) in [6.07, 6.45) is 1.06. The van der Waals surface area contributed by atoms with Crippen molar-refractivity contribution >= 4 is 15.9 Å². The molecule has 0 fully saturated rings. The topological polar surface area (TPSA) is 54.6 Å². The highest BCUT2D eigenvalue weighted by atomic mass is 79.9. The van der Waals surface area contributed by atoms with E-state index in [-0.39, 0.29) is 6.61 Å². The van der Waals surface area contributed by atoms with Crippen molar-refractivity contribution in [2.24, 2.45) is 0 Å². The molecule has 5 heteroatoms. The van der Waals surface area contributed by atoms with Crippen molar-refractivity contribution in [2.75, 3.05) is 13.2 Å². The lowest BCUT2D eigenvalue weighted by molar-refractivity contribution is 0.105. The third kappa shape index (κ3) is 4.67. The van der Waals surface area contributed by atoms with Gasteiger partial charge in [0, 0.05) is 6.54 Å². The number of halogens is 1. The van der Waals surface area contributed by atoms with Gasteiger partial charge in [-0.15, -0.1) is 0 Å². The van der Waals surface area contributed by atoms with Gasteiger partial charge in [0.25, 0.3) is 0 Å². The quantitative estimate of drug-likeness (QED) is 0.814. The predicted molar refractivity (Wildman–Crippen MR) is 80.8 cm³/mol. The molecule has 0 aliphatic heterocycles. The fourth-order valence-electron chi connectivity index (χ4n) is 1.74. The lowest BCUT2D eigenvalue weighted by atomic mass is 10.2. The number of hydrogen-bond acceptors (Lipinski definition) is 4. The molecular weight excluding hydrogens is 322 g/mol. The van der Waals surface area contributed by atoms with Crippen LogP contribution in [0.2, 0.25) is 0 Å². The Balaban J connectivity index is 1.70. The SMILES string of the molecule is Cc1ccc(OCC(O)CNCc2ccco2)c(Br)c1. The van der Waals surface area contributed by atoms with Gasteiger partial charge in [-0.25, -0.2) is 0 Å². The first-order valence-electron chi connectivity index (χ1n) is 6.45. The van der Waals surface area contributed by atoms with Crippen LogP contribution in [-0.4, -0.2) is 24.4 Å². The summed E-state index contributed by atoms with van der Waals surface area (Å²) >= 11 is 3.44. The van der Waals surface area contributed by atoms with Gasteiger partial charge in [-0.3, -0.25) is 0 Å². The first-order valence-corrected chi connectivity index (χ1v) is 7.24. The molecule has 0 aliphatic rings. The van der Waals surface area contributed by atoms with E-state index < -0.39 is 6.10 Å². The zero-order valence-corrected chi connectivity index (χ0v) is 12.9. The van der Waals surface area contributed by atoms with E-state index >= 15 is 0 Å². The van der Waals surface area contributed by atoms with Crippen LogP contribution in [0.3, 0.4) is 0 Å². The average Bonchev–Trinajstić information content (AvgIpc) is 2.91. The Morgan fingerprint density at radius 2 is 2.25 bits per heavy atom. The number of aryl methyl sites for hydroxylation is 1. The number of nitrogens with one attached hydrogen (secondary N) is 1. The Labute approximate surface area is 126 Å². The number of ether oxygens (including phenoxy) is 1. The van der Waals surface area contributed by atoms with Crippen molar-refractivity contribution in [3.05, 3.63) is 52.4 Å². The molecule has 2 rings (SSSR count). The molecule has 0 saturated carbocycles. The first kappa shape index (κ1) is 15.1. The van der Waals surface area contributed by atoms with E-state index in [1.54, 1.807) is 6.26 Å². The number of aliphatic hydroxyl groups excluding tert-OH is 1. The fraction of sp³-hybridized carbons (Fsp3) is 0.333. The summed E-state index contributed by atoms with van der Waals surface area (Å²) in [5.41, 5.74) is 1.16. The molecule has 1 unspecified atom stereocenters. The van der Waals surface area contributed by atoms with E-state index in [9.17, 15) is 5.11 Å². The largest absolute Gasteiger partial charge is 0.490 e. The van der Waals surface area contributed by atoms with Gasteiger partial charge in [0.2, 0.25) is 0 Å². The number of benzene rings is 1. The van der Waals surface area contributed by atoms with Crippen molar-refractivity contribution in [3.63, 3.8) is 0 Å². The van der Waals surface area contributed by atoms with Crippen LogP contribution in [0.15, 0.2) is 45.5 Å². The minimum atomic E-state index is -0.571. The third-order valence-electron chi connectivity index (χ3n) is 2.78. The van der Waals surface area contributed by atoms with E-state index in [0.717, 1.165) is 21.5 Å². The summed E-state index contributed by atoms with van der Waals surface area (Å²) in [6, 6.07) is 9.58. The van der Waals surface area contributed by atoms with Crippen LogP contribution in [0.5, 0.6) is 5.75 Å². The first-order chi connectivity index (χ1) is 9.65. The maximum absolute atomic E-state index is 9.85. The molecule has 20 heavy (non-hydrogen) atoms. The molecule has 1 heterocycles. The van der Waals surface area contributed by atoms with Crippen molar-refractivity contribution < 1.29 is 14.3 Å². The molecule has 0 bridgehead atoms. The lowest BCUT2D eigenvalue weighted by Gasteiger charge is -2.14. The van der Waals surface area contributed by atoms with Crippen LogP contribution >= 0.6 is 15.9 Å². The molecule has 0 saturated heterocycles. The lowest BCUT2D eigenvalue weighted by Crippen LogP contribution is -2.31. The zero-order valence-electron chi connectivity index (χ0n) is 11.3. The van der Waals surface area contributed by atoms with Crippen molar-refractivity contribution in [1.82, 2.24) is 5.32 Å². The van der Waals surface area contributed by atoms with Crippen molar-refractivity contribution in [3.8, 4) is 5.75 Å². The van der Waals surface area contributed by atoms with Crippen LogP contribution in [0.25, 0.3) is 0 Å². The van der Waals surface area contributed by atoms with Gasteiger partial charge in [0.05, 0.1) is 17.3 Å². The van der Waals surface area contributed by atoms with Gasteiger partial charge >= 0.3 is 0 Å². The Hall–Kier alpha value is -1.30. The molecule has 1 aromatic carbocycles. The van der Waals surface area contributed by atoms with Crippen LogP contribution in [-0.2, 0) is 6.54 Å². The van der Waals surface area contributed by atoms with E-state index in [1.807, 2.05) is 37.3 Å². The molecule has 0 amide bonds. The molecule has 1 atom stereocenters. The molecular formula is C15H18BrNO3. The normalized spacial score (nSPS) is 12.3. The molecule has 2 N–H and O–H groups in total. The zero-order chi connectivity index (χ0) is 14.4. The summed E-state index contributed by atoms with van der Waals surface area (Å²) < 4.78 is 11.7. The minimum absolute atomic E-state index is 0.243. The van der Waals surface area contributed by atoms with Crippen molar-refractivity contribution in [2.45, 2.75) is 19.6 Å². The van der Waals surface area contributed by atoms with Gasteiger partial charge in [-0.05, 0) is 52.7 Å². The summed E-state index contributed by atoms with van der Waals surface area (Å²) in [5.74, 6) is 1.58. The van der Waals surface area contributed by atoms with Gasteiger partial charge < -0.3 is 19.6 Å². The molecule has 108 valence electrons. The summed E-state index contributed by atoms with van der Waals surface area (Å²) in [7, 11) is 0. The van der Waals surface area contributed by atoms with Gasteiger partial charge in [0.15, 0.2) is 0 Å². The highest BCUT2D eigenvalue weighted by Gasteiger charge is 2.07. The highest BCUT2D eigenvalue weighted by Crippen LogP contribution is 2.25. The van der Waals surface area contributed by atoms with Crippen LogP contribution in [0.1, 0.15) is 11.3 Å². The molecule has 2 aromatic rings. The Morgan fingerprint density at radius 1 is 1.40 bits per heavy atom. The maximum atomic E-state index is 9.85. The van der Waals surface area contributed by atoms with E-state index in [1.165, 1.54) is 0 Å². The maximum Gasteiger partial charge on any atom is 0.133 e. The smallest absolute Gasteiger partial charge is 0.133 e. The summed E-state index contributed by atoms with van der Waals surface area (Å²) in [4.78, 5) is 0. The van der Waals surface area contributed by atoms with Crippen molar-refractivity contribution in [1.29, 1.82) is 0 Å². The number of hydrogen-bond donors (Lipinski definition) is 2. The van der Waals surface area contributed by atoms with E-state index in [0.29, 0.717) is 13.1 Å². The van der Waals surface area contributed by atoms with Crippen LogP contribution in [0, 0.1) is 6.92 Å². The van der Waals surface area contributed by atoms with Gasteiger partial charge in [-0.2, -0.15) is 0 Å². The number of furan rings is 1. The number of aliphatic hydroxyl groups is 1. The second-order valence-electron chi connectivity index (χ2n) is 4.61. The second kappa shape index (κ2) is 7.47. The average molecular weight is 340 g/mol. The van der Waals surface area contributed by atoms with E-state index in [2.05, 4.69) is 21.2 Å². The Morgan fingerprint density at radius 3 is 2.95 bits per heavy atom. The van der Waals surface area contributed by atoms with Gasteiger partial charge in [-0.1, -0.05) is 6.07 Å². The summed E-state index contributed by atoms with van der Waals surface area (Å²) in [6.45, 7) is 3.30. The minimum Gasteiger partial charge on any atom is -0.490 e. The summed E-state index contributed by atoms with van der Waals surface area (Å²) in [5, 5.41) is 13.0. The van der Waals surface area contributed by atoms with E-state index in [4.69, 9.17) is 9.15 Å². The molecule has 0 aliphatic carbocycles. The highest BCUT2D eigenvalue weighted by molar-refractivity contribution is 9.10. The third-order valence-corrected chi connectivity index (χ3v) is 3.40. The van der Waals surface area contributed by atoms with Gasteiger partial charge in [0.1, 0.15) is 24.2 Å². The Kier molecular flexibility index (Phi) is 5.64. The molecule has 4 nitrogen and oxygen atoms in total. The van der Waals surface area contributed by atoms with Crippen LogP contribution in [0.4, 0.5) is 0 Å². The monoisotopic (exact) mass is 339 g/mol. The molecule has 1 aromatic heterocycles. The second-order valence-corrected chi connectivity index (χ2v) is 5.46. The molecule has 0 radical (unpaired) electrons. The van der Waals surface area contributed by atoms with Crippen LogP contribution < -0.4 is 10.1 Å². The number of rotatable bonds is 7. The fourth-order valence-corrected chi connectivity index (χ4v) is 2.35. The predicted octanol–water partition coefficient (Wildman–Crippen LogP) is 2.88. The standard InChI is InChI=1S/C15H18BrNO3/c1-11-4-5-15(14(16)7-11)20-10-12(18)8-17-9-13-3-2-6-19-13/h2-7,12,17-18H,8-10H2,1H3. The Bertz CT molecular complexity index is 528. The molecule has 0 spiro atoms.